The molecular weight excluding hydrogens is 206 g/mol. The minimum Gasteiger partial charge on any atom is -0.389 e. The predicted octanol–water partition coefficient (Wildman–Crippen LogP) is 0.788. The zero-order valence-corrected chi connectivity index (χ0v) is 10.4. The fourth-order valence-corrected chi connectivity index (χ4v) is 1.71. The Balaban J connectivity index is 1.96. The van der Waals surface area contributed by atoms with Gasteiger partial charge in [-0.3, -0.25) is 0 Å². The lowest BCUT2D eigenvalue weighted by Crippen LogP contribution is -2.35. The summed E-state index contributed by atoms with van der Waals surface area (Å²) in [4.78, 5) is 0. The van der Waals surface area contributed by atoms with Gasteiger partial charge in [0.1, 0.15) is 0 Å². The van der Waals surface area contributed by atoms with Crippen molar-refractivity contribution in [2.75, 3.05) is 33.0 Å². The minimum atomic E-state index is -0.401. The van der Waals surface area contributed by atoms with Crippen molar-refractivity contribution < 1.29 is 14.6 Å². The molecule has 0 aliphatic carbocycles. The molecular formula is C12H25NO3. The molecule has 1 atom stereocenters. The van der Waals surface area contributed by atoms with E-state index < -0.39 is 6.10 Å². The largest absolute Gasteiger partial charge is 0.389 e. The maximum Gasteiger partial charge on any atom is 0.0897 e. The third-order valence-electron chi connectivity index (χ3n) is 2.77. The molecule has 1 saturated heterocycles. The van der Waals surface area contributed by atoms with Gasteiger partial charge in [0, 0.05) is 32.4 Å². The molecule has 1 unspecified atom stereocenters. The summed E-state index contributed by atoms with van der Waals surface area (Å²) in [5, 5.41) is 12.8. The van der Waals surface area contributed by atoms with Gasteiger partial charge >= 0.3 is 0 Å². The minimum absolute atomic E-state index is 0.401. The van der Waals surface area contributed by atoms with Gasteiger partial charge in [0.25, 0.3) is 0 Å². The zero-order chi connectivity index (χ0) is 11.8. The highest BCUT2D eigenvalue weighted by molar-refractivity contribution is 4.64. The Labute approximate surface area is 98.3 Å². The smallest absolute Gasteiger partial charge is 0.0897 e. The van der Waals surface area contributed by atoms with E-state index in [2.05, 4.69) is 19.2 Å². The first-order valence-corrected chi connectivity index (χ1v) is 6.25. The van der Waals surface area contributed by atoms with Crippen molar-refractivity contribution in [1.82, 2.24) is 5.32 Å². The van der Waals surface area contributed by atoms with E-state index in [1.54, 1.807) is 0 Å². The van der Waals surface area contributed by atoms with Crippen molar-refractivity contribution in [3.05, 3.63) is 0 Å². The van der Waals surface area contributed by atoms with Crippen molar-refractivity contribution in [3.63, 3.8) is 0 Å². The zero-order valence-electron chi connectivity index (χ0n) is 10.4. The average Bonchev–Trinajstić information content (AvgIpc) is 2.28. The normalized spacial score (nSPS) is 20.2. The van der Waals surface area contributed by atoms with Crippen LogP contribution in [0.4, 0.5) is 0 Å². The lowest BCUT2D eigenvalue weighted by molar-refractivity contribution is -0.00891. The SMILES string of the molecule is CC(C)NCC(O)COCC1CCOCC1. The van der Waals surface area contributed by atoms with Crippen molar-refractivity contribution in [3.8, 4) is 0 Å². The maximum atomic E-state index is 9.62. The summed E-state index contributed by atoms with van der Waals surface area (Å²) in [6.45, 7) is 7.62. The average molecular weight is 231 g/mol. The van der Waals surface area contributed by atoms with Crippen molar-refractivity contribution in [2.45, 2.75) is 38.8 Å². The first kappa shape index (κ1) is 13.9. The van der Waals surface area contributed by atoms with E-state index >= 15 is 0 Å². The molecule has 96 valence electrons. The van der Waals surface area contributed by atoms with Crippen LogP contribution in [-0.4, -0.2) is 50.2 Å². The molecule has 2 N–H and O–H groups in total. The lowest BCUT2D eigenvalue weighted by atomic mass is 10.0. The first-order valence-electron chi connectivity index (χ1n) is 6.25. The number of hydrogen-bond donors (Lipinski definition) is 2. The van der Waals surface area contributed by atoms with E-state index in [-0.39, 0.29) is 0 Å². The maximum absolute atomic E-state index is 9.62. The highest BCUT2D eigenvalue weighted by Gasteiger charge is 2.14. The van der Waals surface area contributed by atoms with Gasteiger partial charge in [-0.2, -0.15) is 0 Å². The van der Waals surface area contributed by atoms with Gasteiger partial charge in [-0.25, -0.2) is 0 Å². The third kappa shape index (κ3) is 6.43. The fourth-order valence-electron chi connectivity index (χ4n) is 1.71. The van der Waals surface area contributed by atoms with Crippen molar-refractivity contribution >= 4 is 0 Å². The van der Waals surface area contributed by atoms with E-state index in [4.69, 9.17) is 9.47 Å². The van der Waals surface area contributed by atoms with Crippen LogP contribution in [0.25, 0.3) is 0 Å². The number of rotatable bonds is 7. The quantitative estimate of drug-likeness (QED) is 0.680. The second-order valence-electron chi connectivity index (χ2n) is 4.81. The molecule has 0 saturated carbocycles. The molecule has 0 spiro atoms. The van der Waals surface area contributed by atoms with E-state index in [0.717, 1.165) is 32.7 Å². The monoisotopic (exact) mass is 231 g/mol. The standard InChI is InChI=1S/C12H25NO3/c1-10(2)13-7-12(14)9-16-8-11-3-5-15-6-4-11/h10-14H,3-9H2,1-2H3. The summed E-state index contributed by atoms with van der Waals surface area (Å²) >= 11 is 0. The molecule has 0 amide bonds. The van der Waals surface area contributed by atoms with E-state index in [0.29, 0.717) is 25.1 Å². The summed E-state index contributed by atoms with van der Waals surface area (Å²) in [6.07, 6.45) is 1.77. The summed E-state index contributed by atoms with van der Waals surface area (Å²) in [6, 6.07) is 0.408. The summed E-state index contributed by atoms with van der Waals surface area (Å²) in [5.74, 6) is 0.610. The fraction of sp³-hybridized carbons (Fsp3) is 1.00. The second kappa shape index (κ2) is 8.01. The number of nitrogens with one attached hydrogen (secondary N) is 1. The highest BCUT2D eigenvalue weighted by atomic mass is 16.5. The molecule has 1 rings (SSSR count). The van der Waals surface area contributed by atoms with E-state index in [1.165, 1.54) is 0 Å². The van der Waals surface area contributed by atoms with Gasteiger partial charge in [0.05, 0.1) is 12.7 Å². The van der Waals surface area contributed by atoms with Gasteiger partial charge in [0.15, 0.2) is 0 Å². The van der Waals surface area contributed by atoms with Gasteiger partial charge in [-0.15, -0.1) is 0 Å². The van der Waals surface area contributed by atoms with Crippen LogP contribution in [-0.2, 0) is 9.47 Å². The summed E-state index contributed by atoms with van der Waals surface area (Å²) < 4.78 is 10.8. The van der Waals surface area contributed by atoms with Crippen LogP contribution in [0.3, 0.4) is 0 Å². The van der Waals surface area contributed by atoms with Crippen LogP contribution in [0.2, 0.25) is 0 Å². The van der Waals surface area contributed by atoms with Crippen LogP contribution in [0.15, 0.2) is 0 Å². The highest BCUT2D eigenvalue weighted by Crippen LogP contribution is 2.14. The van der Waals surface area contributed by atoms with E-state index in [1.807, 2.05) is 0 Å². The lowest BCUT2D eigenvalue weighted by Gasteiger charge is -2.22. The van der Waals surface area contributed by atoms with Crippen LogP contribution < -0.4 is 5.32 Å². The topological polar surface area (TPSA) is 50.7 Å². The Bertz CT molecular complexity index is 170. The molecule has 1 heterocycles. The molecule has 1 aliphatic heterocycles. The molecule has 0 aromatic rings. The molecule has 0 bridgehead atoms. The molecule has 0 aromatic carbocycles. The Morgan fingerprint density at radius 3 is 2.69 bits per heavy atom. The number of hydrogen-bond acceptors (Lipinski definition) is 4. The third-order valence-corrected chi connectivity index (χ3v) is 2.77. The first-order chi connectivity index (χ1) is 7.68. The van der Waals surface area contributed by atoms with Crippen LogP contribution in [0.1, 0.15) is 26.7 Å². The van der Waals surface area contributed by atoms with Crippen molar-refractivity contribution in [2.24, 2.45) is 5.92 Å². The number of ether oxygens (including phenoxy) is 2. The van der Waals surface area contributed by atoms with Crippen LogP contribution in [0.5, 0.6) is 0 Å². The molecule has 4 nitrogen and oxygen atoms in total. The van der Waals surface area contributed by atoms with E-state index in [9.17, 15) is 5.11 Å². The Kier molecular flexibility index (Phi) is 6.96. The number of aliphatic hydroxyl groups excluding tert-OH is 1. The van der Waals surface area contributed by atoms with Crippen LogP contribution >= 0.6 is 0 Å². The van der Waals surface area contributed by atoms with Crippen LogP contribution in [0, 0.1) is 5.92 Å². The Hall–Kier alpha value is -0.160. The molecule has 0 radical (unpaired) electrons. The molecule has 1 fully saturated rings. The summed E-state index contributed by atoms with van der Waals surface area (Å²) in [7, 11) is 0. The summed E-state index contributed by atoms with van der Waals surface area (Å²) in [5.41, 5.74) is 0. The predicted molar refractivity (Wildman–Crippen MR) is 63.5 cm³/mol. The molecule has 0 aromatic heterocycles. The van der Waals surface area contributed by atoms with Gasteiger partial charge in [-0.1, -0.05) is 13.8 Å². The van der Waals surface area contributed by atoms with Gasteiger partial charge in [0.2, 0.25) is 0 Å². The van der Waals surface area contributed by atoms with Crippen molar-refractivity contribution in [1.29, 1.82) is 0 Å². The van der Waals surface area contributed by atoms with Gasteiger partial charge in [-0.05, 0) is 18.8 Å². The van der Waals surface area contributed by atoms with Gasteiger partial charge < -0.3 is 19.9 Å². The molecule has 1 aliphatic rings. The Morgan fingerprint density at radius 2 is 2.06 bits per heavy atom. The molecule has 4 heteroatoms. The number of aliphatic hydroxyl groups is 1. The Morgan fingerprint density at radius 1 is 1.38 bits per heavy atom. The molecule has 16 heavy (non-hydrogen) atoms. The second-order valence-corrected chi connectivity index (χ2v) is 4.81.